The van der Waals surface area contributed by atoms with Crippen LogP contribution in [-0.2, 0) is 17.9 Å². The summed E-state index contributed by atoms with van der Waals surface area (Å²) in [6.45, 7) is 0.823. The van der Waals surface area contributed by atoms with Gasteiger partial charge in [-0.25, -0.2) is 0 Å². The Kier molecular flexibility index (Phi) is 5.94. The van der Waals surface area contributed by atoms with Gasteiger partial charge in [0.15, 0.2) is 0 Å². The Morgan fingerprint density at radius 1 is 1.22 bits per heavy atom. The average Bonchev–Trinajstić information content (AvgIpc) is 3.17. The fourth-order valence-corrected chi connectivity index (χ4v) is 3.31. The Balaban J connectivity index is 1.38. The Morgan fingerprint density at radius 2 is 1.94 bits per heavy atom. The normalized spacial score (nSPS) is 15.7. The van der Waals surface area contributed by atoms with Crippen LogP contribution in [0.1, 0.15) is 5.56 Å². The molecule has 8 nitrogen and oxygen atoms in total. The van der Waals surface area contributed by atoms with Crippen LogP contribution in [0.25, 0.3) is 11.1 Å². The van der Waals surface area contributed by atoms with Gasteiger partial charge >= 0.3 is 18.2 Å². The van der Waals surface area contributed by atoms with Crippen molar-refractivity contribution >= 4 is 17.4 Å². The molecule has 0 saturated heterocycles. The minimum atomic E-state index is -4.84. The topological polar surface area (TPSA) is 88.7 Å². The number of hydrogen-bond acceptors (Lipinski definition) is 6. The Labute approximate surface area is 184 Å². The van der Waals surface area contributed by atoms with Crippen LogP contribution in [0.4, 0.5) is 19.0 Å². The molecule has 12 heteroatoms. The molecule has 0 bridgehead atoms. The molecule has 0 unspecified atom stereocenters. The Bertz CT molecular complexity index is 1130. The summed E-state index contributed by atoms with van der Waals surface area (Å²) in [5.74, 6) is -0.761. The summed E-state index contributed by atoms with van der Waals surface area (Å²) in [6, 6.07) is 11.4. The van der Waals surface area contributed by atoms with Crippen molar-refractivity contribution in [3.8, 4) is 22.9 Å². The van der Waals surface area contributed by atoms with Gasteiger partial charge in [-0.2, -0.15) is 0 Å². The summed E-state index contributed by atoms with van der Waals surface area (Å²) in [4.78, 5) is 14.0. The highest BCUT2D eigenvalue weighted by atomic mass is 35.5. The van der Waals surface area contributed by atoms with Crippen molar-refractivity contribution in [3.05, 3.63) is 69.4 Å². The summed E-state index contributed by atoms with van der Waals surface area (Å²) in [5, 5.41) is 10.7. The van der Waals surface area contributed by atoms with Gasteiger partial charge in [0.05, 0.1) is 18.2 Å². The summed E-state index contributed by atoms with van der Waals surface area (Å²) in [7, 11) is 0. The van der Waals surface area contributed by atoms with E-state index >= 15 is 0 Å². The molecule has 0 radical (unpaired) electrons. The van der Waals surface area contributed by atoms with Crippen molar-refractivity contribution in [2.45, 2.75) is 25.6 Å². The second-order valence-corrected chi connectivity index (χ2v) is 7.33. The third kappa shape index (κ3) is 5.11. The first kappa shape index (κ1) is 21.9. The summed E-state index contributed by atoms with van der Waals surface area (Å²) < 4.78 is 54.3. The smallest absolute Gasteiger partial charge is 0.443 e. The zero-order valence-electron chi connectivity index (χ0n) is 16.2. The van der Waals surface area contributed by atoms with E-state index in [4.69, 9.17) is 21.1 Å². The van der Waals surface area contributed by atoms with Crippen molar-refractivity contribution in [3.63, 3.8) is 0 Å². The van der Waals surface area contributed by atoms with E-state index in [0.717, 1.165) is 5.56 Å². The molecule has 0 fully saturated rings. The van der Waals surface area contributed by atoms with Crippen LogP contribution in [0.2, 0.25) is 5.02 Å². The molecule has 0 amide bonds. The fourth-order valence-electron chi connectivity index (χ4n) is 3.15. The number of imidazole rings is 1. The van der Waals surface area contributed by atoms with Gasteiger partial charge in [-0.15, -0.1) is 13.2 Å². The molecule has 0 aliphatic carbocycles. The van der Waals surface area contributed by atoms with Crippen LogP contribution in [0.15, 0.2) is 48.7 Å². The monoisotopic (exact) mass is 469 g/mol. The summed E-state index contributed by atoms with van der Waals surface area (Å²) in [6.07, 6.45) is -3.87. The molecule has 2 heterocycles. The predicted molar refractivity (Wildman–Crippen MR) is 107 cm³/mol. The lowest BCUT2D eigenvalue weighted by atomic mass is 10.0. The molecule has 168 valence electrons. The number of halogens is 4. The van der Waals surface area contributed by atoms with Gasteiger partial charge in [-0.05, 0) is 33.7 Å². The highest BCUT2D eigenvalue weighted by Crippen LogP contribution is 2.34. The van der Waals surface area contributed by atoms with Crippen molar-refractivity contribution in [2.75, 3.05) is 6.61 Å². The number of hydrogen-bond donors (Lipinski definition) is 0. The van der Waals surface area contributed by atoms with Crippen molar-refractivity contribution < 1.29 is 32.3 Å². The molecule has 1 aliphatic rings. The first-order valence-corrected chi connectivity index (χ1v) is 9.66. The third-order valence-corrected chi connectivity index (χ3v) is 4.96. The van der Waals surface area contributed by atoms with E-state index in [1.54, 1.807) is 30.3 Å². The summed E-state index contributed by atoms with van der Waals surface area (Å²) >= 11 is 5.79. The number of aromatic nitrogens is 2. The fraction of sp³-hybridized carbons (Fsp3) is 0.250. The van der Waals surface area contributed by atoms with E-state index in [-0.39, 0.29) is 36.2 Å². The van der Waals surface area contributed by atoms with E-state index in [0.29, 0.717) is 17.7 Å². The highest BCUT2D eigenvalue weighted by molar-refractivity contribution is 6.32. The largest absolute Gasteiger partial charge is 0.573 e. The number of nitrogens with zero attached hydrogens (tertiary/aromatic N) is 3. The number of benzene rings is 2. The van der Waals surface area contributed by atoms with E-state index in [1.165, 1.54) is 22.9 Å². The maximum absolute atomic E-state index is 12.5. The first-order valence-electron chi connectivity index (χ1n) is 9.28. The van der Waals surface area contributed by atoms with Gasteiger partial charge in [-0.3, -0.25) is 4.57 Å². The molecule has 0 saturated carbocycles. The van der Waals surface area contributed by atoms with Crippen LogP contribution in [0.3, 0.4) is 0 Å². The molecule has 4 rings (SSSR count). The molecule has 0 spiro atoms. The molecular weight excluding hydrogens is 455 g/mol. The minimum Gasteiger partial charge on any atom is -0.443 e. The molecular formula is C20H15ClF3N3O5. The number of rotatable bonds is 6. The molecule has 1 aliphatic heterocycles. The SMILES string of the molecule is O=[N+]([O-])c1cn2c(n1)OC[C@@H](OCc1ccc(-c3ccc(Cl)c(OC(F)(F)F)c3)cc1)C2. The zero-order valence-corrected chi connectivity index (χ0v) is 17.0. The third-order valence-electron chi connectivity index (χ3n) is 4.64. The molecule has 0 N–H and O–H groups in total. The van der Waals surface area contributed by atoms with Crippen molar-refractivity contribution in [2.24, 2.45) is 0 Å². The standard InChI is InChI=1S/C20H15ClF3N3O5/c21-16-6-5-14(7-17(16)32-20(22,23)24)13-3-1-12(2-4-13)10-30-15-8-26-9-18(27(28)29)25-19(26)31-11-15/h1-7,9,15H,8,10-11H2/t15-/m0/s1. The number of alkyl halides is 3. The average molecular weight is 470 g/mol. The van der Waals surface area contributed by atoms with Gasteiger partial charge in [0.2, 0.25) is 0 Å². The number of ether oxygens (including phenoxy) is 3. The molecule has 2 aromatic carbocycles. The number of fused-ring (bicyclic) bond motifs is 1. The lowest BCUT2D eigenvalue weighted by molar-refractivity contribution is -0.389. The van der Waals surface area contributed by atoms with E-state index in [2.05, 4.69) is 9.72 Å². The second kappa shape index (κ2) is 8.67. The zero-order chi connectivity index (χ0) is 22.9. The van der Waals surface area contributed by atoms with Gasteiger partial charge in [0, 0.05) is 4.98 Å². The van der Waals surface area contributed by atoms with Crippen LogP contribution in [0.5, 0.6) is 11.8 Å². The van der Waals surface area contributed by atoms with E-state index in [1.807, 2.05) is 0 Å². The lowest BCUT2D eigenvalue weighted by Gasteiger charge is -2.22. The highest BCUT2D eigenvalue weighted by Gasteiger charge is 2.32. The molecule has 1 atom stereocenters. The predicted octanol–water partition coefficient (Wildman–Crippen LogP) is 4.99. The number of nitro groups is 1. The maximum atomic E-state index is 12.5. The molecule has 1 aromatic heterocycles. The van der Waals surface area contributed by atoms with Crippen LogP contribution in [0, 0.1) is 10.1 Å². The van der Waals surface area contributed by atoms with Gasteiger partial charge in [0.1, 0.15) is 24.7 Å². The summed E-state index contributed by atoms with van der Waals surface area (Å²) in [5.41, 5.74) is 2.02. The quantitative estimate of drug-likeness (QED) is 0.373. The maximum Gasteiger partial charge on any atom is 0.573 e. The first-order chi connectivity index (χ1) is 15.2. The second-order valence-electron chi connectivity index (χ2n) is 6.93. The minimum absolute atomic E-state index is 0.142. The van der Waals surface area contributed by atoms with Crippen LogP contribution < -0.4 is 9.47 Å². The van der Waals surface area contributed by atoms with Gasteiger partial charge in [-0.1, -0.05) is 41.9 Å². The Morgan fingerprint density at radius 3 is 2.62 bits per heavy atom. The van der Waals surface area contributed by atoms with Gasteiger partial charge < -0.3 is 24.3 Å². The van der Waals surface area contributed by atoms with Crippen LogP contribution in [-0.4, -0.2) is 33.5 Å². The van der Waals surface area contributed by atoms with Gasteiger partial charge in [0.25, 0.3) is 0 Å². The van der Waals surface area contributed by atoms with Crippen molar-refractivity contribution in [1.82, 2.24) is 9.55 Å². The molecule has 32 heavy (non-hydrogen) atoms. The Hall–Kier alpha value is -3.31. The van der Waals surface area contributed by atoms with Crippen molar-refractivity contribution in [1.29, 1.82) is 0 Å². The van der Waals surface area contributed by atoms with E-state index < -0.39 is 17.0 Å². The molecule has 3 aromatic rings. The van der Waals surface area contributed by atoms with Crippen LogP contribution >= 0.6 is 11.6 Å². The van der Waals surface area contributed by atoms with E-state index in [9.17, 15) is 23.3 Å². The lowest BCUT2D eigenvalue weighted by Crippen LogP contribution is -2.32.